The number of benzene rings is 1. The minimum Gasteiger partial charge on any atom is -0.495 e. The maximum absolute atomic E-state index is 13.6. The number of anilines is 3. The molecule has 3 N–H and O–H groups in total. The van der Waals surface area contributed by atoms with E-state index in [1.165, 1.54) is 23.6 Å². The maximum atomic E-state index is 13.6. The number of rotatable bonds is 8. The van der Waals surface area contributed by atoms with E-state index in [9.17, 15) is 21.6 Å². The van der Waals surface area contributed by atoms with Crippen LogP contribution in [0.5, 0.6) is 5.75 Å². The van der Waals surface area contributed by atoms with Crippen molar-refractivity contribution in [3.63, 3.8) is 0 Å². The number of imidazole rings is 1. The lowest BCUT2D eigenvalue weighted by Gasteiger charge is -2.30. The number of likely N-dealkylation sites (tertiary alicyclic amines) is 1. The molecule has 1 aromatic carbocycles. The molecule has 0 spiro atoms. The van der Waals surface area contributed by atoms with Crippen molar-refractivity contribution in [3.05, 3.63) is 41.9 Å². The summed E-state index contributed by atoms with van der Waals surface area (Å²) >= 11 is 0. The van der Waals surface area contributed by atoms with Crippen molar-refractivity contribution in [2.24, 2.45) is 0 Å². The number of aromatic nitrogens is 2. The first-order valence-corrected chi connectivity index (χ1v) is 14.6. The van der Waals surface area contributed by atoms with Gasteiger partial charge in [0, 0.05) is 31.6 Å². The summed E-state index contributed by atoms with van der Waals surface area (Å²) < 4.78 is 71.3. The Morgan fingerprint density at radius 3 is 2.52 bits per heavy atom. The Hall–Kier alpha value is -3.63. The van der Waals surface area contributed by atoms with Crippen molar-refractivity contribution in [2.75, 3.05) is 63.0 Å². The fourth-order valence-corrected chi connectivity index (χ4v) is 5.22. The average molecular weight is 579 g/mol. The first kappa shape index (κ1) is 29.4. The van der Waals surface area contributed by atoms with Gasteiger partial charge in [0.15, 0.2) is 15.5 Å². The standard InChI is InChI=1S/C27H33F3N6O3S/c1-31-19-14-23(33-18-9-12-35(2)13-10-18)26-34-21(24(36(26)17-19)16-27(28,29)30)6-5-11-32-22-8-7-20(40(4,37)38)15-25(22)39-3/h7-8,14-15,17-18,31-33H,9-13,16H2,1-4H3. The third kappa shape index (κ3) is 7.11. The van der Waals surface area contributed by atoms with Crippen LogP contribution < -0.4 is 20.7 Å². The summed E-state index contributed by atoms with van der Waals surface area (Å²) in [6.07, 6.45) is -1.13. The molecule has 0 radical (unpaired) electrons. The summed E-state index contributed by atoms with van der Waals surface area (Å²) in [6, 6.07) is 6.42. The van der Waals surface area contributed by atoms with Crippen LogP contribution in [0.25, 0.3) is 5.65 Å². The van der Waals surface area contributed by atoms with Crippen LogP contribution in [0, 0.1) is 11.8 Å². The van der Waals surface area contributed by atoms with E-state index in [2.05, 4.69) is 44.7 Å². The Morgan fingerprint density at radius 2 is 1.90 bits per heavy atom. The molecule has 0 unspecified atom stereocenters. The number of nitrogens with one attached hydrogen (secondary N) is 3. The monoisotopic (exact) mass is 578 g/mol. The highest BCUT2D eigenvalue weighted by Gasteiger charge is 2.32. The van der Waals surface area contributed by atoms with Crippen molar-refractivity contribution in [3.8, 4) is 17.6 Å². The topological polar surface area (TPSA) is 100 Å². The van der Waals surface area contributed by atoms with Crippen LogP contribution in [0.2, 0.25) is 0 Å². The van der Waals surface area contributed by atoms with Gasteiger partial charge in [-0.05, 0) is 57.1 Å². The number of methoxy groups -OCH3 is 1. The molecule has 0 bridgehead atoms. The van der Waals surface area contributed by atoms with Gasteiger partial charge in [0.25, 0.3) is 0 Å². The Labute approximate surface area is 232 Å². The van der Waals surface area contributed by atoms with Gasteiger partial charge in [0.1, 0.15) is 11.4 Å². The molecular weight excluding hydrogens is 545 g/mol. The number of piperidine rings is 1. The number of halogens is 3. The third-order valence-corrected chi connectivity index (χ3v) is 7.84. The summed E-state index contributed by atoms with van der Waals surface area (Å²) in [6.45, 7) is 1.92. The molecule has 3 heterocycles. The molecule has 0 amide bonds. The Bertz CT molecular complexity index is 1530. The number of hydrogen-bond acceptors (Lipinski definition) is 8. The summed E-state index contributed by atoms with van der Waals surface area (Å²) in [5, 5.41) is 9.54. The van der Waals surface area contributed by atoms with Gasteiger partial charge < -0.3 is 25.6 Å². The minimum atomic E-state index is -4.46. The van der Waals surface area contributed by atoms with Gasteiger partial charge >= 0.3 is 6.18 Å². The highest BCUT2D eigenvalue weighted by atomic mass is 32.2. The number of fused-ring (bicyclic) bond motifs is 1. The van der Waals surface area contributed by atoms with Gasteiger partial charge in [-0.25, -0.2) is 13.4 Å². The molecule has 1 fully saturated rings. The van der Waals surface area contributed by atoms with E-state index in [0.29, 0.717) is 28.5 Å². The molecule has 0 aliphatic carbocycles. The Balaban J connectivity index is 1.65. The molecule has 4 rings (SSSR count). The van der Waals surface area contributed by atoms with E-state index in [-0.39, 0.29) is 28.9 Å². The summed E-state index contributed by atoms with van der Waals surface area (Å²) in [7, 11) is 1.77. The zero-order valence-corrected chi connectivity index (χ0v) is 23.6. The van der Waals surface area contributed by atoms with Gasteiger partial charge in [-0.1, -0.05) is 5.92 Å². The first-order chi connectivity index (χ1) is 18.9. The van der Waals surface area contributed by atoms with E-state index in [0.717, 1.165) is 32.2 Å². The fraction of sp³-hybridized carbons (Fsp3) is 0.444. The molecule has 2 aromatic heterocycles. The van der Waals surface area contributed by atoms with Gasteiger partial charge in [0.05, 0.1) is 47.7 Å². The molecule has 1 saturated heterocycles. The maximum Gasteiger partial charge on any atom is 0.394 e. The highest BCUT2D eigenvalue weighted by molar-refractivity contribution is 7.90. The molecule has 3 aromatic rings. The fourth-order valence-electron chi connectivity index (χ4n) is 4.58. The first-order valence-electron chi connectivity index (χ1n) is 12.7. The number of nitrogens with zero attached hydrogens (tertiary/aromatic N) is 3. The normalized spacial score (nSPS) is 15.0. The summed E-state index contributed by atoms with van der Waals surface area (Å²) in [4.78, 5) is 6.89. The van der Waals surface area contributed by atoms with Crippen LogP contribution in [0.1, 0.15) is 24.2 Å². The van der Waals surface area contributed by atoms with Gasteiger partial charge in [-0.3, -0.25) is 4.40 Å². The molecule has 9 nitrogen and oxygen atoms in total. The number of ether oxygens (including phenoxy) is 1. The quantitative estimate of drug-likeness (QED) is 0.347. The zero-order valence-electron chi connectivity index (χ0n) is 22.8. The van der Waals surface area contributed by atoms with E-state index >= 15 is 0 Å². The summed E-state index contributed by atoms with van der Waals surface area (Å²) in [5.41, 5.74) is 2.17. The van der Waals surface area contributed by atoms with Crippen LogP contribution in [0.3, 0.4) is 0 Å². The number of pyridine rings is 1. The van der Waals surface area contributed by atoms with Crippen molar-refractivity contribution in [2.45, 2.75) is 36.4 Å². The molecular formula is C27H33F3N6O3S. The van der Waals surface area contributed by atoms with Gasteiger partial charge in [0.2, 0.25) is 0 Å². The molecule has 40 heavy (non-hydrogen) atoms. The minimum absolute atomic E-state index is 0.0400. The van der Waals surface area contributed by atoms with Crippen LogP contribution in [0.4, 0.5) is 30.2 Å². The third-order valence-electron chi connectivity index (χ3n) is 6.73. The Morgan fingerprint density at radius 1 is 1.18 bits per heavy atom. The van der Waals surface area contributed by atoms with Gasteiger partial charge in [-0.15, -0.1) is 0 Å². The second-order valence-electron chi connectivity index (χ2n) is 9.80. The van der Waals surface area contributed by atoms with Crippen molar-refractivity contribution < 1.29 is 26.3 Å². The average Bonchev–Trinajstić information content (AvgIpc) is 3.23. The van der Waals surface area contributed by atoms with Crippen LogP contribution >= 0.6 is 0 Å². The van der Waals surface area contributed by atoms with E-state index in [1.54, 1.807) is 19.3 Å². The second-order valence-corrected chi connectivity index (χ2v) is 11.8. The molecule has 1 aliphatic heterocycles. The predicted octanol–water partition coefficient (Wildman–Crippen LogP) is 3.86. The van der Waals surface area contributed by atoms with E-state index < -0.39 is 22.4 Å². The molecule has 13 heteroatoms. The number of alkyl halides is 3. The van der Waals surface area contributed by atoms with Crippen molar-refractivity contribution >= 4 is 32.5 Å². The zero-order chi connectivity index (χ0) is 29.1. The second kappa shape index (κ2) is 11.9. The lowest BCUT2D eigenvalue weighted by Crippen LogP contribution is -2.36. The largest absolute Gasteiger partial charge is 0.495 e. The lowest BCUT2D eigenvalue weighted by molar-refractivity contribution is -0.128. The number of hydrogen-bond donors (Lipinski definition) is 3. The molecule has 1 aliphatic rings. The number of sulfone groups is 1. The highest BCUT2D eigenvalue weighted by Crippen LogP contribution is 2.31. The molecule has 216 valence electrons. The lowest BCUT2D eigenvalue weighted by atomic mass is 10.1. The molecule has 0 atom stereocenters. The predicted molar refractivity (Wildman–Crippen MR) is 150 cm³/mol. The molecule has 0 saturated carbocycles. The van der Waals surface area contributed by atoms with E-state index in [4.69, 9.17) is 4.74 Å². The SMILES string of the molecule is CNc1cc(NC2CCN(C)CC2)c2nc(C#CCNc3ccc(S(C)(=O)=O)cc3OC)c(CC(F)(F)F)n2c1. The van der Waals surface area contributed by atoms with Crippen LogP contribution in [-0.4, -0.2) is 82.0 Å². The van der Waals surface area contributed by atoms with E-state index in [1.807, 2.05) is 6.07 Å². The van der Waals surface area contributed by atoms with Crippen molar-refractivity contribution in [1.29, 1.82) is 0 Å². The smallest absolute Gasteiger partial charge is 0.394 e. The van der Waals surface area contributed by atoms with Crippen LogP contribution in [0.15, 0.2) is 35.4 Å². The van der Waals surface area contributed by atoms with Gasteiger partial charge in [-0.2, -0.15) is 13.2 Å². The summed E-state index contributed by atoms with van der Waals surface area (Å²) in [5.74, 6) is 5.96. The van der Waals surface area contributed by atoms with Crippen molar-refractivity contribution in [1.82, 2.24) is 14.3 Å². The van der Waals surface area contributed by atoms with Crippen LogP contribution in [-0.2, 0) is 16.3 Å². The Kier molecular flexibility index (Phi) is 8.70.